The van der Waals surface area contributed by atoms with Crippen LogP contribution in [0.1, 0.15) is 15.9 Å². The van der Waals surface area contributed by atoms with Crippen LogP contribution in [0.4, 0.5) is 0 Å². The second-order valence-electron chi connectivity index (χ2n) is 5.05. The Morgan fingerprint density at radius 2 is 1.84 bits per heavy atom. The number of rotatable bonds is 5. The van der Waals surface area contributed by atoms with Gasteiger partial charge in [0.2, 0.25) is 0 Å². The van der Waals surface area contributed by atoms with Gasteiger partial charge in [0.15, 0.2) is 6.61 Å². The number of methoxy groups -OCH3 is 1. The maximum absolute atomic E-state index is 12.0. The van der Waals surface area contributed by atoms with Crippen LogP contribution in [0, 0.1) is 6.92 Å². The lowest BCUT2D eigenvalue weighted by Gasteiger charge is -2.11. The van der Waals surface area contributed by atoms with Gasteiger partial charge in [-0.25, -0.2) is 0 Å². The molecule has 0 aliphatic carbocycles. The van der Waals surface area contributed by atoms with E-state index in [1.165, 1.54) is 7.11 Å². The van der Waals surface area contributed by atoms with Crippen LogP contribution in [-0.2, 0) is 4.79 Å². The number of hydrazine groups is 1. The second kappa shape index (κ2) is 8.73. The molecule has 0 unspecified atom stereocenters. The lowest BCUT2D eigenvalue weighted by atomic mass is 10.2. The van der Waals surface area contributed by atoms with Crippen LogP contribution in [0.5, 0.6) is 11.5 Å². The Morgan fingerprint density at radius 3 is 2.48 bits per heavy atom. The lowest BCUT2D eigenvalue weighted by Crippen LogP contribution is -2.43. The molecule has 0 fully saturated rings. The van der Waals surface area contributed by atoms with E-state index in [4.69, 9.17) is 21.1 Å². The van der Waals surface area contributed by atoms with Gasteiger partial charge in [-0.05, 0) is 64.8 Å². The minimum atomic E-state index is -0.490. The molecule has 0 atom stereocenters. The highest BCUT2D eigenvalue weighted by Crippen LogP contribution is 2.25. The highest BCUT2D eigenvalue weighted by molar-refractivity contribution is 9.10. The molecule has 0 saturated heterocycles. The lowest BCUT2D eigenvalue weighted by molar-refractivity contribution is -0.123. The zero-order valence-electron chi connectivity index (χ0n) is 13.6. The summed E-state index contributed by atoms with van der Waals surface area (Å²) >= 11 is 9.16. The van der Waals surface area contributed by atoms with Crippen molar-refractivity contribution in [1.29, 1.82) is 0 Å². The maximum atomic E-state index is 12.0. The summed E-state index contributed by atoms with van der Waals surface area (Å²) < 4.78 is 11.1. The normalized spacial score (nSPS) is 10.1. The summed E-state index contributed by atoms with van der Waals surface area (Å²) in [5.41, 5.74) is 5.79. The van der Waals surface area contributed by atoms with E-state index < -0.39 is 11.8 Å². The highest BCUT2D eigenvalue weighted by Gasteiger charge is 2.11. The van der Waals surface area contributed by atoms with E-state index in [0.717, 1.165) is 5.56 Å². The first-order chi connectivity index (χ1) is 11.9. The van der Waals surface area contributed by atoms with Crippen molar-refractivity contribution < 1.29 is 19.1 Å². The Kier molecular flexibility index (Phi) is 6.66. The third-order valence-electron chi connectivity index (χ3n) is 3.23. The number of benzene rings is 2. The monoisotopic (exact) mass is 426 g/mol. The van der Waals surface area contributed by atoms with Crippen LogP contribution in [0.2, 0.25) is 5.02 Å². The number of hydrogen-bond donors (Lipinski definition) is 2. The molecule has 0 heterocycles. The molecule has 0 aliphatic heterocycles. The largest absolute Gasteiger partial charge is 0.496 e. The number of nitrogens with one attached hydrogen (secondary N) is 2. The Balaban J connectivity index is 1.85. The molecule has 0 saturated carbocycles. The SMILES string of the molecule is COc1ccc(C(=O)NNC(=O)COc2ccc(Cl)cc2C)cc1Br. The molecule has 25 heavy (non-hydrogen) atoms. The summed E-state index contributed by atoms with van der Waals surface area (Å²) in [5.74, 6) is 0.201. The number of halogens is 2. The Morgan fingerprint density at radius 1 is 1.12 bits per heavy atom. The number of hydrogen-bond acceptors (Lipinski definition) is 4. The van der Waals surface area contributed by atoms with Gasteiger partial charge in [0, 0.05) is 10.6 Å². The molecule has 2 rings (SSSR count). The first-order valence-corrected chi connectivity index (χ1v) is 8.39. The van der Waals surface area contributed by atoms with Crippen LogP contribution in [0.3, 0.4) is 0 Å². The van der Waals surface area contributed by atoms with E-state index in [2.05, 4.69) is 26.8 Å². The topological polar surface area (TPSA) is 76.7 Å². The molecule has 132 valence electrons. The van der Waals surface area contributed by atoms with Crippen LogP contribution in [0.25, 0.3) is 0 Å². The third kappa shape index (κ3) is 5.37. The zero-order chi connectivity index (χ0) is 18.4. The smallest absolute Gasteiger partial charge is 0.276 e. The van der Waals surface area contributed by atoms with Gasteiger partial charge in [-0.1, -0.05) is 11.6 Å². The van der Waals surface area contributed by atoms with E-state index in [9.17, 15) is 9.59 Å². The van der Waals surface area contributed by atoms with E-state index in [1.54, 1.807) is 36.4 Å². The molecule has 2 aromatic carbocycles. The van der Waals surface area contributed by atoms with Crippen molar-refractivity contribution in [3.05, 3.63) is 57.0 Å². The van der Waals surface area contributed by atoms with Gasteiger partial charge >= 0.3 is 0 Å². The van der Waals surface area contributed by atoms with Crippen molar-refractivity contribution in [3.8, 4) is 11.5 Å². The average molecular weight is 428 g/mol. The molecule has 0 bridgehead atoms. The fourth-order valence-corrected chi connectivity index (χ4v) is 2.73. The van der Waals surface area contributed by atoms with Crippen molar-refractivity contribution in [1.82, 2.24) is 10.9 Å². The van der Waals surface area contributed by atoms with Crippen LogP contribution in [0.15, 0.2) is 40.9 Å². The predicted molar refractivity (Wildman–Crippen MR) is 98.0 cm³/mol. The molecular weight excluding hydrogens is 412 g/mol. The fraction of sp³-hybridized carbons (Fsp3) is 0.176. The molecule has 0 spiro atoms. The molecule has 0 aromatic heterocycles. The van der Waals surface area contributed by atoms with Gasteiger partial charge < -0.3 is 9.47 Å². The summed E-state index contributed by atoms with van der Waals surface area (Å²) in [6.45, 7) is 1.58. The van der Waals surface area contributed by atoms with Crippen LogP contribution >= 0.6 is 27.5 Å². The molecule has 2 amide bonds. The molecule has 2 N–H and O–H groups in total. The minimum Gasteiger partial charge on any atom is -0.496 e. The van der Waals surface area contributed by atoms with Gasteiger partial charge in [-0.3, -0.25) is 20.4 Å². The number of ether oxygens (including phenoxy) is 2. The summed E-state index contributed by atoms with van der Waals surface area (Å²) in [6, 6.07) is 9.90. The number of carbonyl (C=O) groups excluding carboxylic acids is 2. The minimum absolute atomic E-state index is 0.241. The number of amides is 2. The van der Waals surface area contributed by atoms with Crippen LogP contribution < -0.4 is 20.3 Å². The Labute approximate surface area is 158 Å². The maximum Gasteiger partial charge on any atom is 0.276 e. The van der Waals surface area contributed by atoms with Crippen molar-refractivity contribution in [2.75, 3.05) is 13.7 Å². The Hall–Kier alpha value is -2.25. The Bertz CT molecular complexity index is 798. The molecule has 2 aromatic rings. The van der Waals surface area contributed by atoms with Crippen molar-refractivity contribution in [2.45, 2.75) is 6.92 Å². The quantitative estimate of drug-likeness (QED) is 0.718. The zero-order valence-corrected chi connectivity index (χ0v) is 15.9. The van der Waals surface area contributed by atoms with E-state index >= 15 is 0 Å². The van der Waals surface area contributed by atoms with Crippen molar-refractivity contribution >= 4 is 39.3 Å². The van der Waals surface area contributed by atoms with E-state index in [0.29, 0.717) is 26.6 Å². The second-order valence-corrected chi connectivity index (χ2v) is 6.34. The molecule has 6 nitrogen and oxygen atoms in total. The van der Waals surface area contributed by atoms with Crippen LogP contribution in [-0.4, -0.2) is 25.5 Å². The fourth-order valence-electron chi connectivity index (χ4n) is 1.96. The summed E-state index contributed by atoms with van der Waals surface area (Å²) in [7, 11) is 1.53. The van der Waals surface area contributed by atoms with Gasteiger partial charge in [0.1, 0.15) is 11.5 Å². The van der Waals surface area contributed by atoms with E-state index in [1.807, 2.05) is 6.92 Å². The third-order valence-corrected chi connectivity index (χ3v) is 4.08. The molecule has 0 radical (unpaired) electrons. The average Bonchev–Trinajstić information content (AvgIpc) is 2.58. The predicted octanol–water partition coefficient (Wildman–Crippen LogP) is 3.26. The van der Waals surface area contributed by atoms with Gasteiger partial charge in [-0.15, -0.1) is 0 Å². The van der Waals surface area contributed by atoms with Gasteiger partial charge in [0.05, 0.1) is 11.6 Å². The number of aryl methyl sites for hydroxylation is 1. The summed E-state index contributed by atoms with van der Waals surface area (Å²) in [4.78, 5) is 23.8. The summed E-state index contributed by atoms with van der Waals surface area (Å²) in [6.07, 6.45) is 0. The molecule has 0 aliphatic rings. The molecular formula is C17H16BrClN2O4. The van der Waals surface area contributed by atoms with Crippen molar-refractivity contribution in [3.63, 3.8) is 0 Å². The first-order valence-electron chi connectivity index (χ1n) is 7.22. The highest BCUT2D eigenvalue weighted by atomic mass is 79.9. The van der Waals surface area contributed by atoms with Crippen molar-refractivity contribution in [2.24, 2.45) is 0 Å². The number of carbonyl (C=O) groups is 2. The molecule has 8 heteroatoms. The summed E-state index contributed by atoms with van der Waals surface area (Å²) in [5, 5.41) is 0.590. The van der Waals surface area contributed by atoms with Gasteiger partial charge in [0.25, 0.3) is 11.8 Å². The van der Waals surface area contributed by atoms with E-state index in [-0.39, 0.29) is 6.61 Å². The standard InChI is InChI=1S/C17H16BrClN2O4/c1-10-7-12(19)4-6-14(10)25-9-16(22)20-21-17(23)11-3-5-15(24-2)13(18)8-11/h3-8H,9H2,1-2H3,(H,20,22)(H,21,23). The van der Waals surface area contributed by atoms with Gasteiger partial charge in [-0.2, -0.15) is 0 Å². The first kappa shape index (κ1) is 19.1.